The number of carbonyl (C=O) groups is 2. The first-order valence-electron chi connectivity index (χ1n) is 9.62. The minimum atomic E-state index is -4.02. The molecule has 0 spiro atoms. The number of likely N-dealkylation sites (tertiary alicyclic amines) is 1. The van der Waals surface area contributed by atoms with Gasteiger partial charge in [-0.2, -0.15) is 8.42 Å². The fourth-order valence-electron chi connectivity index (χ4n) is 3.06. The van der Waals surface area contributed by atoms with E-state index < -0.39 is 21.1 Å². The molecule has 1 aliphatic rings. The van der Waals surface area contributed by atoms with Gasteiger partial charge in [0.1, 0.15) is 6.04 Å². The Labute approximate surface area is 190 Å². The first kappa shape index (κ1) is 27.6. The van der Waals surface area contributed by atoms with E-state index >= 15 is 0 Å². The van der Waals surface area contributed by atoms with Crippen molar-refractivity contribution in [2.75, 3.05) is 18.4 Å². The van der Waals surface area contributed by atoms with Crippen LogP contribution in [0.5, 0.6) is 0 Å². The Morgan fingerprint density at radius 1 is 1.18 bits per heavy atom. The molecule has 1 atom stereocenters. The first-order chi connectivity index (χ1) is 15.0. The van der Waals surface area contributed by atoms with Gasteiger partial charge in [-0.25, -0.2) is 0 Å². The van der Waals surface area contributed by atoms with Crippen LogP contribution in [0.1, 0.15) is 18.4 Å². The van der Waals surface area contributed by atoms with E-state index in [-0.39, 0.29) is 34.4 Å². The van der Waals surface area contributed by atoms with Gasteiger partial charge in [0.05, 0.1) is 16.4 Å². The second kappa shape index (κ2) is 12.0. The lowest BCUT2D eigenvalue weighted by atomic mass is 10.2. The first-order valence-corrected chi connectivity index (χ1v) is 11.1. The average molecular weight is 483 g/mol. The van der Waals surface area contributed by atoms with Crippen LogP contribution < -0.4 is 11.1 Å². The number of anilines is 1. The summed E-state index contributed by atoms with van der Waals surface area (Å²) in [5.41, 5.74) is 6.69. The van der Waals surface area contributed by atoms with Crippen molar-refractivity contribution in [1.82, 2.24) is 4.90 Å². The number of nitro benzene ring substituents is 1. The molecule has 0 radical (unpaired) electrons. The van der Waals surface area contributed by atoms with Gasteiger partial charge < -0.3 is 21.4 Å². The van der Waals surface area contributed by atoms with Gasteiger partial charge in [0, 0.05) is 24.4 Å². The molecule has 1 fully saturated rings. The standard InChI is InChI=1S/C13H16N4O4.C7H8O3S.H2O/c14-8-12(18)16-7-1-2-11(16)13(19)15-9-3-5-10(6-4-9)17(20)21;1-6-2-4-7(5-3-6)11(8,9)10;/h3-6,11H,1-2,7-8,14H2,(H,15,19);2-5H,1H3,(H,8,9,10);1H2/t11-;;/m0../s1. The van der Waals surface area contributed by atoms with E-state index in [1.807, 2.05) is 6.92 Å². The van der Waals surface area contributed by atoms with Crippen molar-refractivity contribution in [2.24, 2.45) is 5.73 Å². The highest BCUT2D eigenvalue weighted by Gasteiger charge is 2.33. The number of benzene rings is 2. The number of nitrogens with two attached hydrogens (primary N) is 1. The number of nitrogens with zero attached hydrogens (tertiary/aromatic N) is 2. The highest BCUT2D eigenvalue weighted by Crippen LogP contribution is 2.20. The van der Waals surface area contributed by atoms with Crippen molar-refractivity contribution in [2.45, 2.75) is 30.7 Å². The summed E-state index contributed by atoms with van der Waals surface area (Å²) in [4.78, 5) is 35.3. The zero-order chi connectivity index (χ0) is 23.9. The molecule has 1 saturated heterocycles. The van der Waals surface area contributed by atoms with E-state index in [9.17, 15) is 28.1 Å². The predicted molar refractivity (Wildman–Crippen MR) is 120 cm³/mol. The lowest BCUT2D eigenvalue weighted by molar-refractivity contribution is -0.384. The van der Waals surface area contributed by atoms with Crippen molar-refractivity contribution >= 4 is 33.3 Å². The predicted octanol–water partition coefficient (Wildman–Crippen LogP) is 0.900. The van der Waals surface area contributed by atoms with E-state index in [4.69, 9.17) is 10.3 Å². The SMILES string of the molecule is Cc1ccc(S(=O)(=O)O)cc1.NCC(=O)N1CCC[C@H]1C(=O)Nc1ccc([N+](=O)[O-])cc1.O. The molecule has 0 aromatic heterocycles. The Bertz CT molecular complexity index is 1070. The minimum Gasteiger partial charge on any atom is -0.412 e. The number of carbonyl (C=O) groups excluding carboxylic acids is 2. The molecule has 0 saturated carbocycles. The molecule has 0 aliphatic carbocycles. The second-order valence-electron chi connectivity index (χ2n) is 7.03. The van der Waals surface area contributed by atoms with Crippen LogP contribution in [-0.4, -0.2) is 59.2 Å². The van der Waals surface area contributed by atoms with Crippen LogP contribution in [-0.2, 0) is 19.7 Å². The molecule has 180 valence electrons. The largest absolute Gasteiger partial charge is 0.412 e. The van der Waals surface area contributed by atoms with E-state index in [1.165, 1.54) is 41.3 Å². The zero-order valence-corrected chi connectivity index (χ0v) is 18.6. The average Bonchev–Trinajstić information content (AvgIpc) is 3.24. The number of hydrogen-bond donors (Lipinski definition) is 3. The molecular formula is C20H26N4O8S. The third-order valence-electron chi connectivity index (χ3n) is 4.71. The zero-order valence-electron chi connectivity index (χ0n) is 17.8. The highest BCUT2D eigenvalue weighted by molar-refractivity contribution is 7.85. The van der Waals surface area contributed by atoms with Crippen LogP contribution in [0, 0.1) is 17.0 Å². The summed E-state index contributed by atoms with van der Waals surface area (Å²) in [6.07, 6.45) is 1.34. The third-order valence-corrected chi connectivity index (χ3v) is 5.58. The molecule has 1 heterocycles. The lowest BCUT2D eigenvalue weighted by Gasteiger charge is -2.23. The Balaban J connectivity index is 0.000000385. The number of amides is 2. The summed E-state index contributed by atoms with van der Waals surface area (Å²) in [6.45, 7) is 2.24. The molecule has 2 aromatic rings. The van der Waals surface area contributed by atoms with E-state index in [2.05, 4.69) is 5.32 Å². The monoisotopic (exact) mass is 482 g/mol. The van der Waals surface area contributed by atoms with Gasteiger partial charge in [0.25, 0.3) is 15.8 Å². The molecule has 3 rings (SSSR count). The van der Waals surface area contributed by atoms with Gasteiger partial charge in [0.2, 0.25) is 11.8 Å². The number of aryl methyl sites for hydroxylation is 1. The van der Waals surface area contributed by atoms with Crippen molar-refractivity contribution in [3.8, 4) is 0 Å². The summed E-state index contributed by atoms with van der Waals surface area (Å²) in [6, 6.07) is 11.0. The summed E-state index contributed by atoms with van der Waals surface area (Å²) < 4.78 is 29.6. The molecule has 13 heteroatoms. The van der Waals surface area contributed by atoms with Gasteiger partial charge in [-0.05, 0) is 44.0 Å². The van der Waals surface area contributed by atoms with Crippen molar-refractivity contribution in [1.29, 1.82) is 0 Å². The van der Waals surface area contributed by atoms with Crippen molar-refractivity contribution < 1.29 is 33.0 Å². The molecule has 33 heavy (non-hydrogen) atoms. The van der Waals surface area contributed by atoms with Crippen molar-refractivity contribution in [3.63, 3.8) is 0 Å². The molecule has 1 aliphatic heterocycles. The Morgan fingerprint density at radius 2 is 1.76 bits per heavy atom. The van der Waals surface area contributed by atoms with Gasteiger partial charge >= 0.3 is 0 Å². The fraction of sp³-hybridized carbons (Fsp3) is 0.300. The van der Waals surface area contributed by atoms with Gasteiger partial charge in [-0.1, -0.05) is 17.7 Å². The van der Waals surface area contributed by atoms with Crippen LogP contribution in [0.25, 0.3) is 0 Å². The summed E-state index contributed by atoms with van der Waals surface area (Å²) in [7, 11) is -4.02. The summed E-state index contributed by atoms with van der Waals surface area (Å²) >= 11 is 0. The maximum absolute atomic E-state index is 12.2. The summed E-state index contributed by atoms with van der Waals surface area (Å²) in [5, 5.41) is 13.2. The van der Waals surface area contributed by atoms with Crippen LogP contribution in [0.3, 0.4) is 0 Å². The van der Waals surface area contributed by atoms with Gasteiger partial charge in [-0.15, -0.1) is 0 Å². The maximum atomic E-state index is 12.2. The molecular weight excluding hydrogens is 456 g/mol. The minimum absolute atomic E-state index is 0. The van der Waals surface area contributed by atoms with Gasteiger partial charge in [-0.3, -0.25) is 24.3 Å². The lowest BCUT2D eigenvalue weighted by Crippen LogP contribution is -2.45. The number of nitrogens with one attached hydrogen (secondary N) is 1. The molecule has 2 amide bonds. The quantitative estimate of drug-likeness (QED) is 0.316. The third kappa shape index (κ3) is 7.91. The second-order valence-corrected chi connectivity index (χ2v) is 8.45. The Kier molecular flexibility index (Phi) is 10.1. The van der Waals surface area contributed by atoms with Crippen LogP contribution in [0.4, 0.5) is 11.4 Å². The van der Waals surface area contributed by atoms with E-state index in [0.717, 1.165) is 12.0 Å². The number of hydrogen-bond acceptors (Lipinski definition) is 7. The number of nitro groups is 1. The number of rotatable bonds is 5. The maximum Gasteiger partial charge on any atom is 0.294 e. The van der Waals surface area contributed by atoms with E-state index in [1.54, 1.807) is 12.1 Å². The molecule has 6 N–H and O–H groups in total. The Hall–Kier alpha value is -3.39. The molecule has 12 nitrogen and oxygen atoms in total. The number of non-ortho nitro benzene ring substituents is 1. The smallest absolute Gasteiger partial charge is 0.294 e. The fourth-order valence-corrected chi connectivity index (χ4v) is 3.54. The summed E-state index contributed by atoms with van der Waals surface area (Å²) in [5.74, 6) is -0.556. The Morgan fingerprint density at radius 3 is 2.24 bits per heavy atom. The molecule has 2 aromatic carbocycles. The molecule has 0 unspecified atom stereocenters. The normalized spacial score (nSPS) is 15.0. The van der Waals surface area contributed by atoms with Gasteiger partial charge in [0.15, 0.2) is 0 Å². The van der Waals surface area contributed by atoms with Crippen LogP contribution in [0.15, 0.2) is 53.4 Å². The van der Waals surface area contributed by atoms with Crippen LogP contribution in [0.2, 0.25) is 0 Å². The van der Waals surface area contributed by atoms with E-state index in [0.29, 0.717) is 18.7 Å². The topological polar surface area (TPSA) is 204 Å². The highest BCUT2D eigenvalue weighted by atomic mass is 32.2. The van der Waals surface area contributed by atoms with Crippen molar-refractivity contribution in [3.05, 3.63) is 64.2 Å². The molecule has 0 bridgehead atoms. The van der Waals surface area contributed by atoms with Crippen LogP contribution >= 0.6 is 0 Å².